The lowest BCUT2D eigenvalue weighted by Crippen LogP contribution is -2.38. The largest absolute Gasteiger partial charge is 0.454 e. The Morgan fingerprint density at radius 1 is 0.964 bits per heavy atom. The van der Waals surface area contributed by atoms with Crippen LogP contribution in [0.4, 0.5) is 21.9 Å². The molecule has 0 saturated heterocycles. The van der Waals surface area contributed by atoms with E-state index < -0.39 is 5.41 Å². The molecule has 2 aliphatic rings. The molecule has 7 heteroatoms. The minimum absolute atomic E-state index is 0.0770. The van der Waals surface area contributed by atoms with Gasteiger partial charge in [0.2, 0.25) is 12.7 Å². The number of ether oxygens (including phenoxy) is 2. The maximum atomic E-state index is 12.7. The molecule has 0 bridgehead atoms. The number of carbonyl (C=O) groups excluding carboxylic acids is 2. The van der Waals surface area contributed by atoms with Crippen molar-refractivity contribution >= 4 is 29.0 Å². The Morgan fingerprint density at radius 3 is 2.39 bits per heavy atom. The zero-order valence-electron chi connectivity index (χ0n) is 16.2. The van der Waals surface area contributed by atoms with Crippen LogP contribution in [-0.2, 0) is 11.2 Å². The van der Waals surface area contributed by atoms with E-state index in [1.165, 1.54) is 0 Å². The predicted octanol–water partition coefficient (Wildman–Crippen LogP) is 3.99. The minimum Gasteiger partial charge on any atom is -0.454 e. The molecule has 7 nitrogen and oxygen atoms in total. The molecule has 0 spiro atoms. The van der Waals surface area contributed by atoms with Gasteiger partial charge in [-0.3, -0.25) is 4.79 Å². The van der Waals surface area contributed by atoms with Gasteiger partial charge in [0.25, 0.3) is 0 Å². The van der Waals surface area contributed by atoms with Crippen molar-refractivity contribution in [3.05, 3.63) is 42.0 Å². The maximum Gasteiger partial charge on any atom is 0.323 e. The fourth-order valence-electron chi connectivity index (χ4n) is 3.34. The average Bonchev–Trinajstić information content (AvgIpc) is 3.26. The third-order valence-electron chi connectivity index (χ3n) is 4.76. The lowest BCUT2D eigenvalue weighted by atomic mass is 9.94. The van der Waals surface area contributed by atoms with Crippen LogP contribution in [0.2, 0.25) is 0 Å². The summed E-state index contributed by atoms with van der Waals surface area (Å²) in [6, 6.07) is 10.5. The Labute approximate surface area is 163 Å². The maximum absolute atomic E-state index is 12.7. The summed E-state index contributed by atoms with van der Waals surface area (Å²) in [5.74, 6) is 1.34. The summed E-state index contributed by atoms with van der Waals surface area (Å²) in [4.78, 5) is 26.9. The lowest BCUT2D eigenvalue weighted by Gasteiger charge is -2.26. The van der Waals surface area contributed by atoms with Crippen LogP contribution < -0.4 is 25.0 Å². The van der Waals surface area contributed by atoms with E-state index in [0.717, 1.165) is 17.7 Å². The van der Waals surface area contributed by atoms with Crippen LogP contribution in [0, 0.1) is 5.41 Å². The van der Waals surface area contributed by atoms with Gasteiger partial charge in [-0.2, -0.15) is 0 Å². The van der Waals surface area contributed by atoms with Gasteiger partial charge in [0.15, 0.2) is 11.5 Å². The Morgan fingerprint density at radius 2 is 1.64 bits per heavy atom. The van der Waals surface area contributed by atoms with E-state index in [9.17, 15) is 9.59 Å². The molecule has 2 N–H and O–H groups in total. The first kappa shape index (κ1) is 18.2. The molecule has 0 saturated carbocycles. The summed E-state index contributed by atoms with van der Waals surface area (Å²) in [7, 11) is 0. The summed E-state index contributed by atoms with van der Waals surface area (Å²) in [5.41, 5.74) is 2.75. The topological polar surface area (TPSA) is 79.9 Å². The van der Waals surface area contributed by atoms with Crippen LogP contribution in [-0.4, -0.2) is 25.3 Å². The van der Waals surface area contributed by atoms with Gasteiger partial charge >= 0.3 is 6.03 Å². The number of benzene rings is 2. The second-order valence-corrected chi connectivity index (χ2v) is 7.95. The Bertz CT molecular complexity index is 949. The van der Waals surface area contributed by atoms with Crippen LogP contribution in [0.3, 0.4) is 0 Å². The van der Waals surface area contributed by atoms with E-state index in [-0.39, 0.29) is 18.7 Å². The van der Waals surface area contributed by atoms with Crippen molar-refractivity contribution in [2.24, 2.45) is 5.41 Å². The van der Waals surface area contributed by atoms with Crippen LogP contribution in [0.5, 0.6) is 11.5 Å². The molecule has 146 valence electrons. The SMILES string of the molecule is CC(C)(C)C(=O)N1CCc2ccc(NC(=O)Nc3ccc4c(c3)OCO4)cc21. The smallest absolute Gasteiger partial charge is 0.323 e. The van der Waals surface area contributed by atoms with E-state index in [1.807, 2.05) is 39.0 Å². The first-order chi connectivity index (χ1) is 13.3. The lowest BCUT2D eigenvalue weighted by molar-refractivity contribution is -0.125. The number of rotatable bonds is 2. The van der Waals surface area contributed by atoms with Crippen LogP contribution in [0.15, 0.2) is 36.4 Å². The van der Waals surface area contributed by atoms with Gasteiger partial charge in [-0.05, 0) is 36.2 Å². The van der Waals surface area contributed by atoms with Crippen molar-refractivity contribution in [3.63, 3.8) is 0 Å². The number of carbonyl (C=O) groups is 2. The molecule has 0 radical (unpaired) electrons. The molecule has 28 heavy (non-hydrogen) atoms. The molecule has 4 rings (SSSR count). The molecule has 0 aliphatic carbocycles. The zero-order chi connectivity index (χ0) is 19.9. The molecule has 0 atom stereocenters. The monoisotopic (exact) mass is 381 g/mol. The van der Waals surface area contributed by atoms with E-state index >= 15 is 0 Å². The molecule has 2 aliphatic heterocycles. The van der Waals surface area contributed by atoms with E-state index in [2.05, 4.69) is 10.6 Å². The fraction of sp³-hybridized carbons (Fsp3) is 0.333. The van der Waals surface area contributed by atoms with Crippen molar-refractivity contribution in [1.29, 1.82) is 0 Å². The number of urea groups is 1. The number of fused-ring (bicyclic) bond motifs is 2. The number of hydrogen-bond acceptors (Lipinski definition) is 4. The van der Waals surface area contributed by atoms with Gasteiger partial charge in [-0.1, -0.05) is 26.8 Å². The number of amides is 3. The Hall–Kier alpha value is -3.22. The van der Waals surface area contributed by atoms with Crippen LogP contribution in [0.25, 0.3) is 0 Å². The first-order valence-electron chi connectivity index (χ1n) is 9.24. The number of hydrogen-bond donors (Lipinski definition) is 2. The van der Waals surface area contributed by atoms with Gasteiger partial charge < -0.3 is 25.0 Å². The predicted molar refractivity (Wildman–Crippen MR) is 107 cm³/mol. The standard InChI is InChI=1S/C21H23N3O4/c1-21(2,3)19(25)24-9-8-13-4-5-14(10-16(13)24)22-20(26)23-15-6-7-17-18(11-15)28-12-27-17/h4-7,10-11H,8-9,12H2,1-3H3,(H2,22,23,26). The molecular formula is C21H23N3O4. The van der Waals surface area contributed by atoms with E-state index in [1.54, 1.807) is 23.1 Å². The number of nitrogens with one attached hydrogen (secondary N) is 2. The molecule has 0 fully saturated rings. The summed E-state index contributed by atoms with van der Waals surface area (Å²) in [6.07, 6.45) is 0.820. The highest BCUT2D eigenvalue weighted by Crippen LogP contribution is 2.35. The van der Waals surface area contributed by atoms with Gasteiger partial charge in [-0.25, -0.2) is 4.79 Å². The Balaban J connectivity index is 1.47. The molecule has 0 unspecified atom stereocenters. The van der Waals surface area contributed by atoms with Gasteiger partial charge in [0.1, 0.15) is 0 Å². The quantitative estimate of drug-likeness (QED) is 0.824. The van der Waals surface area contributed by atoms with Crippen molar-refractivity contribution in [3.8, 4) is 11.5 Å². The highest BCUT2D eigenvalue weighted by Gasteiger charge is 2.32. The summed E-state index contributed by atoms with van der Waals surface area (Å²) >= 11 is 0. The summed E-state index contributed by atoms with van der Waals surface area (Å²) < 4.78 is 10.6. The summed E-state index contributed by atoms with van der Waals surface area (Å²) in [5, 5.41) is 5.61. The third-order valence-corrected chi connectivity index (χ3v) is 4.76. The zero-order valence-corrected chi connectivity index (χ0v) is 16.2. The highest BCUT2D eigenvalue weighted by molar-refractivity contribution is 6.02. The fourth-order valence-corrected chi connectivity index (χ4v) is 3.34. The minimum atomic E-state index is -0.457. The molecule has 2 aromatic carbocycles. The third kappa shape index (κ3) is 3.47. The van der Waals surface area contributed by atoms with Crippen LogP contribution >= 0.6 is 0 Å². The Kier molecular flexibility index (Phi) is 4.37. The average molecular weight is 381 g/mol. The van der Waals surface area contributed by atoms with E-state index in [4.69, 9.17) is 9.47 Å². The summed E-state index contributed by atoms with van der Waals surface area (Å²) in [6.45, 7) is 6.58. The number of nitrogens with zero attached hydrogens (tertiary/aromatic N) is 1. The molecule has 3 amide bonds. The normalized spacial score (nSPS) is 14.6. The molecule has 2 aromatic rings. The van der Waals surface area contributed by atoms with Gasteiger partial charge in [0.05, 0.1) is 0 Å². The van der Waals surface area contributed by atoms with E-state index in [0.29, 0.717) is 29.4 Å². The molecular weight excluding hydrogens is 358 g/mol. The van der Waals surface area contributed by atoms with Gasteiger partial charge in [0, 0.05) is 35.1 Å². The second-order valence-electron chi connectivity index (χ2n) is 7.95. The van der Waals surface area contributed by atoms with Crippen LogP contribution in [0.1, 0.15) is 26.3 Å². The number of anilines is 3. The van der Waals surface area contributed by atoms with Crippen molar-refractivity contribution in [2.75, 3.05) is 28.9 Å². The molecule has 2 heterocycles. The first-order valence-corrected chi connectivity index (χ1v) is 9.24. The van der Waals surface area contributed by atoms with Crippen molar-refractivity contribution < 1.29 is 19.1 Å². The van der Waals surface area contributed by atoms with Crippen molar-refractivity contribution in [1.82, 2.24) is 0 Å². The molecule has 0 aromatic heterocycles. The van der Waals surface area contributed by atoms with Gasteiger partial charge in [-0.15, -0.1) is 0 Å². The van der Waals surface area contributed by atoms with Crippen molar-refractivity contribution in [2.45, 2.75) is 27.2 Å². The second kappa shape index (κ2) is 6.74. The highest BCUT2D eigenvalue weighted by atomic mass is 16.7.